The fourth-order valence-corrected chi connectivity index (χ4v) is 4.57. The minimum Gasteiger partial charge on any atom is -0.459 e. The fourth-order valence-electron chi connectivity index (χ4n) is 4.18. The van der Waals surface area contributed by atoms with Crippen LogP contribution in [0.5, 0.6) is 0 Å². The van der Waals surface area contributed by atoms with E-state index in [1.807, 2.05) is 42.5 Å². The van der Waals surface area contributed by atoms with Crippen LogP contribution in [0.25, 0.3) is 0 Å². The highest BCUT2D eigenvalue weighted by molar-refractivity contribution is 7.80. The zero-order chi connectivity index (χ0) is 26.9. The number of carbonyl (C=O) groups excluding carboxylic acids is 4. The molecule has 1 heterocycles. The average molecular weight is 533 g/mol. The van der Waals surface area contributed by atoms with Gasteiger partial charge in [0.1, 0.15) is 19.3 Å². The molecule has 38 heavy (non-hydrogen) atoms. The number of carbonyl (C=O) groups is 4. The van der Waals surface area contributed by atoms with Crippen molar-refractivity contribution in [3.8, 4) is 0 Å². The van der Waals surface area contributed by atoms with Gasteiger partial charge in [0.05, 0.1) is 12.5 Å². The van der Waals surface area contributed by atoms with Crippen LogP contribution in [0.3, 0.4) is 0 Å². The number of hydrogen-bond acceptors (Lipinski definition) is 7. The van der Waals surface area contributed by atoms with Gasteiger partial charge in [-0.3, -0.25) is 9.59 Å². The molecule has 0 unspecified atom stereocenters. The van der Waals surface area contributed by atoms with Crippen molar-refractivity contribution in [3.63, 3.8) is 0 Å². The van der Waals surface area contributed by atoms with Gasteiger partial charge in [-0.1, -0.05) is 91.0 Å². The number of rotatable bonds is 11. The van der Waals surface area contributed by atoms with Crippen LogP contribution in [0.1, 0.15) is 16.7 Å². The molecule has 0 aromatic heterocycles. The van der Waals surface area contributed by atoms with Gasteiger partial charge in [0.15, 0.2) is 0 Å². The molecule has 1 saturated heterocycles. The van der Waals surface area contributed by atoms with E-state index in [0.29, 0.717) is 0 Å². The number of nitrogens with zero attached hydrogens (tertiary/aromatic N) is 1. The largest absolute Gasteiger partial charge is 0.459 e. The molecule has 0 aliphatic carbocycles. The molecule has 4 rings (SSSR count). The summed E-state index contributed by atoms with van der Waals surface area (Å²) < 4.78 is 10.8. The van der Waals surface area contributed by atoms with E-state index in [4.69, 9.17) is 9.47 Å². The molecule has 1 fully saturated rings. The summed E-state index contributed by atoms with van der Waals surface area (Å²) in [5.41, 5.74) is 2.25. The van der Waals surface area contributed by atoms with Gasteiger partial charge in [0, 0.05) is 5.75 Å². The quantitative estimate of drug-likeness (QED) is 0.170. The van der Waals surface area contributed by atoms with Crippen LogP contribution in [0.4, 0.5) is 0 Å². The summed E-state index contributed by atoms with van der Waals surface area (Å²) in [5, 5.41) is 2.71. The van der Waals surface area contributed by atoms with E-state index >= 15 is 0 Å². The Kier molecular flexibility index (Phi) is 9.16. The maximum Gasteiger partial charge on any atom is 0.341 e. The van der Waals surface area contributed by atoms with Gasteiger partial charge in [0.2, 0.25) is 17.9 Å². The van der Waals surface area contributed by atoms with Crippen molar-refractivity contribution in [2.75, 3.05) is 5.75 Å². The molecular formula is C29H28N2O6S. The van der Waals surface area contributed by atoms with Crippen molar-refractivity contribution in [2.45, 2.75) is 37.8 Å². The Morgan fingerprint density at radius 3 is 1.66 bits per heavy atom. The number of benzene rings is 3. The van der Waals surface area contributed by atoms with E-state index in [2.05, 4.69) is 17.9 Å². The monoisotopic (exact) mass is 532 g/mol. The Morgan fingerprint density at radius 2 is 1.21 bits per heavy atom. The second kappa shape index (κ2) is 12.9. The van der Waals surface area contributed by atoms with Crippen LogP contribution in [-0.4, -0.2) is 52.5 Å². The van der Waals surface area contributed by atoms with Crippen LogP contribution in [0.15, 0.2) is 91.0 Å². The average Bonchev–Trinajstić information content (AvgIpc) is 2.95. The van der Waals surface area contributed by atoms with Crippen molar-refractivity contribution >= 4 is 36.4 Å². The number of likely N-dealkylation sites (tertiary alicyclic amines) is 1. The lowest BCUT2D eigenvalue weighted by Gasteiger charge is -2.48. The Morgan fingerprint density at radius 1 is 0.763 bits per heavy atom. The van der Waals surface area contributed by atoms with Gasteiger partial charge >= 0.3 is 11.9 Å². The van der Waals surface area contributed by atoms with Crippen LogP contribution in [0, 0.1) is 0 Å². The van der Waals surface area contributed by atoms with Crippen LogP contribution >= 0.6 is 12.6 Å². The molecule has 3 aromatic rings. The molecular weight excluding hydrogens is 504 g/mol. The minimum absolute atomic E-state index is 0.0764. The molecule has 0 bridgehead atoms. The van der Waals surface area contributed by atoms with Crippen molar-refractivity contribution in [2.24, 2.45) is 0 Å². The van der Waals surface area contributed by atoms with Crippen LogP contribution in [0.2, 0.25) is 0 Å². The van der Waals surface area contributed by atoms with E-state index in [-0.39, 0.29) is 31.3 Å². The molecule has 1 N–H and O–H groups in total. The Bertz CT molecular complexity index is 1200. The van der Waals surface area contributed by atoms with E-state index in [1.165, 1.54) is 0 Å². The lowest BCUT2D eigenvalue weighted by atomic mass is 9.93. The van der Waals surface area contributed by atoms with Gasteiger partial charge in [-0.25, -0.2) is 9.59 Å². The highest BCUT2D eigenvalue weighted by Gasteiger charge is 2.55. The Balaban J connectivity index is 1.47. The summed E-state index contributed by atoms with van der Waals surface area (Å²) in [4.78, 5) is 53.2. The third kappa shape index (κ3) is 6.60. The van der Waals surface area contributed by atoms with Crippen molar-refractivity contribution in [1.82, 2.24) is 10.2 Å². The molecule has 1 aliphatic rings. The van der Waals surface area contributed by atoms with Crippen LogP contribution < -0.4 is 5.32 Å². The first-order valence-corrected chi connectivity index (χ1v) is 12.8. The third-order valence-electron chi connectivity index (χ3n) is 6.15. The normalized spacial score (nSPS) is 16.5. The van der Waals surface area contributed by atoms with Crippen LogP contribution in [-0.2, 0) is 48.3 Å². The summed E-state index contributed by atoms with van der Waals surface area (Å²) >= 11 is 4.33. The van der Waals surface area contributed by atoms with Crippen molar-refractivity contribution < 1.29 is 28.7 Å². The molecule has 2 atom stereocenters. The SMILES string of the molecule is O=C(Cc1ccccc1)N[C@@H]1C(=O)N(C(C(=O)OCc2ccccc2)C(=O)OCc2ccccc2)[C@@H]1CS. The molecule has 196 valence electrons. The number of hydrogen-bond donors (Lipinski definition) is 2. The smallest absolute Gasteiger partial charge is 0.341 e. The van der Waals surface area contributed by atoms with Gasteiger partial charge in [-0.05, 0) is 16.7 Å². The lowest BCUT2D eigenvalue weighted by Crippen LogP contribution is -2.76. The zero-order valence-electron chi connectivity index (χ0n) is 20.6. The Labute approximate surface area is 226 Å². The zero-order valence-corrected chi connectivity index (χ0v) is 21.5. The lowest BCUT2D eigenvalue weighted by molar-refractivity contribution is -0.179. The van der Waals surface area contributed by atoms with E-state index < -0.39 is 36.0 Å². The third-order valence-corrected chi connectivity index (χ3v) is 6.52. The predicted octanol–water partition coefficient (Wildman–Crippen LogP) is 2.71. The number of thiol groups is 1. The Hall–Kier alpha value is -4.11. The molecule has 0 saturated carbocycles. The minimum atomic E-state index is -1.63. The molecule has 8 nitrogen and oxygen atoms in total. The van der Waals surface area contributed by atoms with Gasteiger partial charge in [-0.2, -0.15) is 12.6 Å². The number of amides is 2. The number of nitrogens with one attached hydrogen (secondary N) is 1. The molecule has 0 radical (unpaired) electrons. The first-order chi connectivity index (χ1) is 18.5. The standard InChI is InChI=1S/C29H28N2O6S/c32-24(16-20-10-4-1-5-11-20)30-25-23(19-38)31(27(25)33)26(28(34)36-17-21-12-6-2-7-13-21)29(35)37-18-22-14-8-3-9-15-22/h1-15,23,25-26,38H,16-19H2,(H,30,32)/t23-,25+/m1/s1. The highest BCUT2D eigenvalue weighted by Crippen LogP contribution is 2.27. The first-order valence-electron chi connectivity index (χ1n) is 12.2. The van der Waals surface area contributed by atoms with Gasteiger partial charge in [-0.15, -0.1) is 0 Å². The molecule has 0 spiro atoms. The van der Waals surface area contributed by atoms with Crippen molar-refractivity contribution in [1.29, 1.82) is 0 Å². The molecule has 9 heteroatoms. The number of ether oxygens (including phenoxy) is 2. The molecule has 2 amide bonds. The predicted molar refractivity (Wildman–Crippen MR) is 143 cm³/mol. The van der Waals surface area contributed by atoms with Gasteiger partial charge in [0.25, 0.3) is 0 Å². The topological polar surface area (TPSA) is 102 Å². The summed E-state index contributed by atoms with van der Waals surface area (Å²) in [6.45, 7) is -0.153. The molecule has 3 aromatic carbocycles. The number of β-lactam (4-membered cyclic amide) rings is 1. The van der Waals surface area contributed by atoms with Crippen molar-refractivity contribution in [3.05, 3.63) is 108 Å². The summed E-state index contributed by atoms with van der Waals surface area (Å²) in [6, 6.07) is 23.8. The van der Waals surface area contributed by atoms with Gasteiger partial charge < -0.3 is 19.7 Å². The fraction of sp³-hybridized carbons (Fsp3) is 0.241. The van der Waals surface area contributed by atoms with E-state index in [1.54, 1.807) is 48.5 Å². The first kappa shape index (κ1) is 26.9. The summed E-state index contributed by atoms with van der Waals surface area (Å²) in [6.07, 6.45) is 0.0889. The van der Waals surface area contributed by atoms with E-state index in [0.717, 1.165) is 21.6 Å². The second-order valence-electron chi connectivity index (χ2n) is 8.79. The maximum atomic E-state index is 13.2. The highest BCUT2D eigenvalue weighted by atomic mass is 32.1. The molecule has 1 aliphatic heterocycles. The maximum absolute atomic E-state index is 13.2. The summed E-state index contributed by atoms with van der Waals surface area (Å²) in [7, 11) is 0. The summed E-state index contributed by atoms with van der Waals surface area (Å²) in [5.74, 6) is -2.65. The van der Waals surface area contributed by atoms with E-state index in [9.17, 15) is 19.2 Å². The second-order valence-corrected chi connectivity index (χ2v) is 9.16. The number of esters is 2.